The molecule has 180 valence electrons. The van der Waals surface area contributed by atoms with Gasteiger partial charge in [0.15, 0.2) is 0 Å². The van der Waals surface area contributed by atoms with Gasteiger partial charge in [0.05, 0.1) is 17.5 Å². The van der Waals surface area contributed by atoms with Crippen LogP contribution in [-0.4, -0.2) is 35.3 Å². The smallest absolute Gasteiger partial charge is 0.264 e. The summed E-state index contributed by atoms with van der Waals surface area (Å²) in [5, 5.41) is 26.0. The van der Waals surface area contributed by atoms with E-state index in [1.54, 1.807) is 4.57 Å². The molecule has 6 rings (SSSR count). The second-order valence-corrected chi connectivity index (χ2v) is 8.78. The summed E-state index contributed by atoms with van der Waals surface area (Å²) in [4.78, 5) is 18.3. The van der Waals surface area contributed by atoms with Gasteiger partial charge in [0.2, 0.25) is 5.82 Å². The van der Waals surface area contributed by atoms with Crippen molar-refractivity contribution in [3.63, 3.8) is 0 Å². The van der Waals surface area contributed by atoms with E-state index in [-0.39, 0.29) is 16.9 Å². The van der Waals surface area contributed by atoms with Crippen molar-refractivity contribution in [2.45, 2.75) is 13.5 Å². The van der Waals surface area contributed by atoms with Gasteiger partial charge < -0.3 is 5.11 Å². The van der Waals surface area contributed by atoms with Gasteiger partial charge in [0, 0.05) is 11.3 Å². The number of nitrogens with zero attached hydrogens (tertiary/aromatic N) is 5. The number of aromatic nitrogens is 6. The predicted molar refractivity (Wildman–Crippen MR) is 142 cm³/mol. The van der Waals surface area contributed by atoms with Crippen molar-refractivity contribution in [2.75, 3.05) is 0 Å². The molecular formula is C29H22N6O2. The molecule has 0 aliphatic carbocycles. The number of rotatable bonds is 5. The number of fused-ring (bicyclic) bond motifs is 1. The van der Waals surface area contributed by atoms with Crippen LogP contribution >= 0.6 is 0 Å². The van der Waals surface area contributed by atoms with E-state index < -0.39 is 0 Å². The fourth-order valence-corrected chi connectivity index (χ4v) is 4.59. The number of hydrogen-bond donors (Lipinski definition) is 2. The average molecular weight is 487 g/mol. The van der Waals surface area contributed by atoms with Gasteiger partial charge in [-0.05, 0) is 46.5 Å². The molecule has 6 aromatic rings. The molecule has 0 fully saturated rings. The van der Waals surface area contributed by atoms with Gasteiger partial charge >= 0.3 is 0 Å². The third kappa shape index (κ3) is 4.04. The fourth-order valence-electron chi connectivity index (χ4n) is 4.59. The molecule has 8 nitrogen and oxygen atoms in total. The Morgan fingerprint density at radius 1 is 0.838 bits per heavy atom. The Labute approximate surface area is 211 Å². The van der Waals surface area contributed by atoms with Crippen LogP contribution in [0.1, 0.15) is 11.3 Å². The summed E-state index contributed by atoms with van der Waals surface area (Å²) in [5.74, 6) is 0.472. The van der Waals surface area contributed by atoms with E-state index in [2.05, 4.69) is 25.6 Å². The van der Waals surface area contributed by atoms with Crippen LogP contribution in [0.5, 0.6) is 5.75 Å². The Balaban J connectivity index is 1.44. The Hall–Kier alpha value is -5.11. The van der Waals surface area contributed by atoms with Gasteiger partial charge in [-0.3, -0.25) is 9.36 Å². The number of hydrogen-bond acceptors (Lipinski definition) is 6. The normalized spacial score (nSPS) is 11.2. The van der Waals surface area contributed by atoms with Crippen LogP contribution < -0.4 is 5.56 Å². The summed E-state index contributed by atoms with van der Waals surface area (Å²) in [5.41, 5.74) is 5.63. The lowest BCUT2D eigenvalue weighted by atomic mass is 9.98. The number of pyridine rings is 2. The zero-order valence-electron chi connectivity index (χ0n) is 20.0. The van der Waals surface area contributed by atoms with Crippen molar-refractivity contribution >= 4 is 11.0 Å². The zero-order chi connectivity index (χ0) is 25.4. The second-order valence-electron chi connectivity index (χ2n) is 8.78. The molecule has 0 unspecified atom stereocenters. The predicted octanol–water partition coefficient (Wildman–Crippen LogP) is 4.97. The molecule has 0 aliphatic rings. The molecule has 2 N–H and O–H groups in total. The molecule has 0 spiro atoms. The molecule has 0 saturated heterocycles. The Bertz CT molecular complexity index is 1780. The minimum Gasteiger partial charge on any atom is -0.506 e. The lowest BCUT2D eigenvalue weighted by Gasteiger charge is -2.15. The Morgan fingerprint density at radius 3 is 2.30 bits per heavy atom. The van der Waals surface area contributed by atoms with Crippen LogP contribution in [0.3, 0.4) is 0 Å². The van der Waals surface area contributed by atoms with Crippen molar-refractivity contribution in [2.24, 2.45) is 0 Å². The second kappa shape index (κ2) is 9.16. The number of aromatic hydroxyl groups is 1. The third-order valence-corrected chi connectivity index (χ3v) is 6.40. The van der Waals surface area contributed by atoms with E-state index in [0.717, 1.165) is 27.9 Å². The van der Waals surface area contributed by atoms with Crippen LogP contribution in [0.25, 0.3) is 44.7 Å². The summed E-state index contributed by atoms with van der Waals surface area (Å²) >= 11 is 0. The van der Waals surface area contributed by atoms with Crippen LogP contribution in [0, 0.1) is 6.92 Å². The van der Waals surface area contributed by atoms with Crippen molar-refractivity contribution in [1.29, 1.82) is 0 Å². The highest BCUT2D eigenvalue weighted by Crippen LogP contribution is 2.33. The van der Waals surface area contributed by atoms with Crippen molar-refractivity contribution in [3.05, 3.63) is 113 Å². The highest BCUT2D eigenvalue weighted by molar-refractivity contribution is 5.90. The molecule has 8 heteroatoms. The zero-order valence-corrected chi connectivity index (χ0v) is 20.0. The molecule has 3 aromatic heterocycles. The molecule has 0 amide bonds. The number of tetrazole rings is 1. The Morgan fingerprint density at radius 2 is 1.57 bits per heavy atom. The maximum absolute atomic E-state index is 13.7. The first-order chi connectivity index (χ1) is 18.1. The van der Waals surface area contributed by atoms with Crippen molar-refractivity contribution < 1.29 is 5.11 Å². The van der Waals surface area contributed by atoms with Gasteiger partial charge in [-0.2, -0.15) is 5.21 Å². The first kappa shape index (κ1) is 22.4. The number of aromatic amines is 1. The Kier molecular flexibility index (Phi) is 5.54. The molecule has 0 bridgehead atoms. The van der Waals surface area contributed by atoms with E-state index in [1.165, 1.54) is 0 Å². The molecule has 0 radical (unpaired) electrons. The van der Waals surface area contributed by atoms with Crippen molar-refractivity contribution in [1.82, 2.24) is 30.2 Å². The summed E-state index contributed by atoms with van der Waals surface area (Å²) in [6.07, 6.45) is 0. The SMILES string of the molecule is Cc1ccc2c(O)c(-c3ccccc3)c(=O)n(Cc3ccc(-c4ccccc4-c4nn[nH]n4)cc3)c2n1. The number of nitrogens with one attached hydrogen (secondary N) is 1. The minimum absolute atomic E-state index is 0.0524. The molecule has 0 atom stereocenters. The minimum atomic E-state index is -0.291. The molecule has 3 heterocycles. The van der Waals surface area contributed by atoms with Crippen molar-refractivity contribution in [3.8, 4) is 39.4 Å². The van der Waals surface area contributed by atoms with Gasteiger partial charge in [-0.1, -0.05) is 78.9 Å². The van der Waals surface area contributed by atoms with Crippen LogP contribution in [0.15, 0.2) is 95.8 Å². The maximum atomic E-state index is 13.7. The summed E-state index contributed by atoms with van der Waals surface area (Å²) < 4.78 is 1.63. The van der Waals surface area contributed by atoms with Gasteiger partial charge in [0.1, 0.15) is 11.4 Å². The lowest BCUT2D eigenvalue weighted by Crippen LogP contribution is -2.24. The fraction of sp³-hybridized carbons (Fsp3) is 0.0690. The van der Waals surface area contributed by atoms with Crippen LogP contribution in [0.4, 0.5) is 0 Å². The van der Waals surface area contributed by atoms with Gasteiger partial charge in [-0.15, -0.1) is 10.2 Å². The first-order valence-corrected chi connectivity index (χ1v) is 11.8. The van der Waals surface area contributed by atoms with Gasteiger partial charge in [0.25, 0.3) is 5.56 Å². The molecule has 3 aromatic carbocycles. The monoisotopic (exact) mass is 486 g/mol. The topological polar surface area (TPSA) is 110 Å². The van der Waals surface area contributed by atoms with Crippen LogP contribution in [0.2, 0.25) is 0 Å². The maximum Gasteiger partial charge on any atom is 0.264 e. The van der Waals surface area contributed by atoms with Crippen LogP contribution in [-0.2, 0) is 6.54 Å². The largest absolute Gasteiger partial charge is 0.506 e. The van der Waals surface area contributed by atoms with Gasteiger partial charge in [-0.25, -0.2) is 4.98 Å². The first-order valence-electron chi connectivity index (χ1n) is 11.8. The van der Waals surface area contributed by atoms with E-state index in [9.17, 15) is 9.90 Å². The molecule has 37 heavy (non-hydrogen) atoms. The van der Waals surface area contributed by atoms with E-state index in [0.29, 0.717) is 29.0 Å². The standard InChI is InChI=1S/C29H22N6O2/c1-18-11-16-24-26(36)25(21-7-3-2-4-8-21)29(37)35(28(24)30-18)17-19-12-14-20(15-13-19)22-9-5-6-10-23(22)27-31-33-34-32-27/h2-16,36H,17H2,1H3,(H,31,32,33,34). The summed E-state index contributed by atoms with van der Waals surface area (Å²) in [6.45, 7) is 2.17. The number of aryl methyl sites for hydroxylation is 1. The quantitative estimate of drug-likeness (QED) is 0.356. The highest BCUT2D eigenvalue weighted by atomic mass is 16.3. The highest BCUT2D eigenvalue weighted by Gasteiger charge is 2.19. The van der Waals surface area contributed by atoms with E-state index in [4.69, 9.17) is 0 Å². The molecular weight excluding hydrogens is 464 g/mol. The number of benzene rings is 3. The third-order valence-electron chi connectivity index (χ3n) is 6.40. The summed E-state index contributed by atoms with van der Waals surface area (Å²) in [6, 6.07) is 28.7. The van der Waals surface area contributed by atoms with E-state index in [1.807, 2.05) is 97.9 Å². The summed E-state index contributed by atoms with van der Waals surface area (Å²) in [7, 11) is 0. The molecule has 0 aliphatic heterocycles. The average Bonchev–Trinajstić information content (AvgIpc) is 3.47. The molecule has 0 saturated carbocycles. The van der Waals surface area contributed by atoms with E-state index >= 15 is 0 Å². The number of H-pyrrole nitrogens is 1. The lowest BCUT2D eigenvalue weighted by molar-refractivity contribution is 0.481.